The Morgan fingerprint density at radius 1 is 1.25 bits per heavy atom. The van der Waals surface area contributed by atoms with Crippen LogP contribution in [0.1, 0.15) is 79.6 Å². The van der Waals surface area contributed by atoms with Crippen molar-refractivity contribution < 1.29 is 0 Å². The van der Waals surface area contributed by atoms with Crippen LogP contribution in [0.25, 0.3) is 0 Å². The van der Waals surface area contributed by atoms with Gasteiger partial charge in [0, 0.05) is 0 Å². The smallest absolute Gasteiger partial charge is 0.0326 e. The van der Waals surface area contributed by atoms with E-state index in [2.05, 4.69) is 34.6 Å². The molecule has 0 nitrogen and oxygen atoms in total. The molecule has 0 aliphatic heterocycles. The van der Waals surface area contributed by atoms with Crippen molar-refractivity contribution in [2.75, 3.05) is 0 Å². The lowest BCUT2D eigenvalue weighted by atomic mass is 9.77. The van der Waals surface area contributed by atoms with Gasteiger partial charge in [-0.05, 0) is 42.4 Å². The number of hydrogen-bond donors (Lipinski definition) is 0. The molecule has 1 saturated carbocycles. The van der Waals surface area contributed by atoms with Crippen LogP contribution in [0.4, 0.5) is 0 Å². The van der Waals surface area contributed by atoms with Gasteiger partial charge < -0.3 is 0 Å². The Bertz CT molecular complexity index is 192. The number of hydrogen-bond acceptors (Lipinski definition) is 0. The van der Waals surface area contributed by atoms with Crippen molar-refractivity contribution in [2.45, 2.75) is 79.6 Å². The van der Waals surface area contributed by atoms with Crippen molar-refractivity contribution in [1.29, 1.82) is 0 Å². The van der Waals surface area contributed by atoms with Crippen LogP contribution < -0.4 is 0 Å². The summed E-state index contributed by atoms with van der Waals surface area (Å²) in [6, 6.07) is 0. The summed E-state index contributed by atoms with van der Waals surface area (Å²) >= 11 is 0. The maximum absolute atomic E-state index is 2.48. The molecule has 0 spiro atoms. The van der Waals surface area contributed by atoms with Crippen molar-refractivity contribution >= 4 is 0 Å². The molecular formula is C16H32. The lowest BCUT2D eigenvalue weighted by Crippen LogP contribution is -2.20. The van der Waals surface area contributed by atoms with Gasteiger partial charge in [-0.25, -0.2) is 0 Å². The van der Waals surface area contributed by atoms with Gasteiger partial charge in [0.1, 0.15) is 0 Å². The molecule has 0 heterocycles. The van der Waals surface area contributed by atoms with Gasteiger partial charge in [-0.2, -0.15) is 0 Å². The van der Waals surface area contributed by atoms with Crippen molar-refractivity contribution in [1.82, 2.24) is 0 Å². The lowest BCUT2D eigenvalue weighted by molar-refractivity contribution is 0.215. The normalized spacial score (nSPS) is 30.6. The maximum Gasteiger partial charge on any atom is -0.0326 e. The highest BCUT2D eigenvalue weighted by molar-refractivity contribution is 4.88. The van der Waals surface area contributed by atoms with E-state index in [-0.39, 0.29) is 0 Å². The second kappa shape index (κ2) is 6.07. The van der Waals surface area contributed by atoms with E-state index < -0.39 is 0 Å². The van der Waals surface area contributed by atoms with Crippen molar-refractivity contribution in [3.8, 4) is 0 Å². The molecule has 0 aromatic rings. The Kier molecular flexibility index (Phi) is 5.34. The summed E-state index contributed by atoms with van der Waals surface area (Å²) in [4.78, 5) is 0. The van der Waals surface area contributed by atoms with Crippen molar-refractivity contribution in [2.24, 2.45) is 23.2 Å². The zero-order valence-electron chi connectivity index (χ0n) is 12.2. The average Bonchev–Trinajstić information content (AvgIpc) is 2.46. The summed E-state index contributed by atoms with van der Waals surface area (Å²) in [5.41, 5.74) is 0.605. The molecule has 1 aliphatic rings. The van der Waals surface area contributed by atoms with Gasteiger partial charge in [-0.3, -0.25) is 0 Å². The molecule has 3 unspecified atom stereocenters. The molecule has 0 bridgehead atoms. The fourth-order valence-electron chi connectivity index (χ4n) is 3.37. The van der Waals surface area contributed by atoms with E-state index >= 15 is 0 Å². The van der Waals surface area contributed by atoms with Crippen molar-refractivity contribution in [3.05, 3.63) is 0 Å². The SMILES string of the molecule is CCCCCC(C)CC1CCC(C)(C)C1C. The van der Waals surface area contributed by atoms with Crippen LogP contribution in [-0.2, 0) is 0 Å². The first-order chi connectivity index (χ1) is 7.47. The zero-order valence-corrected chi connectivity index (χ0v) is 12.2. The van der Waals surface area contributed by atoms with E-state index in [1.54, 1.807) is 0 Å². The van der Waals surface area contributed by atoms with E-state index in [1.165, 1.54) is 44.9 Å². The molecular weight excluding hydrogens is 192 g/mol. The summed E-state index contributed by atoms with van der Waals surface area (Å²) in [6.07, 6.45) is 10.1. The van der Waals surface area contributed by atoms with Gasteiger partial charge in [-0.15, -0.1) is 0 Å². The first-order valence-electron chi connectivity index (χ1n) is 7.47. The first-order valence-corrected chi connectivity index (χ1v) is 7.47. The Labute approximate surface area is 103 Å². The fourth-order valence-corrected chi connectivity index (χ4v) is 3.37. The minimum atomic E-state index is 0.605. The number of rotatable bonds is 6. The topological polar surface area (TPSA) is 0 Å². The van der Waals surface area contributed by atoms with Gasteiger partial charge in [0.15, 0.2) is 0 Å². The molecule has 1 aliphatic carbocycles. The third kappa shape index (κ3) is 3.79. The third-order valence-corrected chi connectivity index (χ3v) is 5.10. The third-order valence-electron chi connectivity index (χ3n) is 5.10. The summed E-state index contributed by atoms with van der Waals surface area (Å²) in [5.74, 6) is 2.89. The molecule has 0 heteroatoms. The Hall–Kier alpha value is 0. The average molecular weight is 224 g/mol. The second-order valence-corrected chi connectivity index (χ2v) is 6.91. The summed E-state index contributed by atoms with van der Waals surface area (Å²) in [5, 5.41) is 0. The van der Waals surface area contributed by atoms with Gasteiger partial charge in [0.25, 0.3) is 0 Å². The molecule has 0 saturated heterocycles. The molecule has 3 atom stereocenters. The summed E-state index contributed by atoms with van der Waals surface area (Å²) < 4.78 is 0. The number of unbranched alkanes of at least 4 members (excludes halogenated alkanes) is 2. The minimum Gasteiger partial charge on any atom is -0.0654 e. The van der Waals surface area contributed by atoms with Gasteiger partial charge in [-0.1, -0.05) is 60.3 Å². The zero-order chi connectivity index (χ0) is 12.2. The van der Waals surface area contributed by atoms with Crippen LogP contribution in [0.15, 0.2) is 0 Å². The highest BCUT2D eigenvalue weighted by Gasteiger charge is 2.38. The van der Waals surface area contributed by atoms with Crippen molar-refractivity contribution in [3.63, 3.8) is 0 Å². The summed E-state index contributed by atoms with van der Waals surface area (Å²) in [6.45, 7) is 12.2. The van der Waals surface area contributed by atoms with Crippen LogP contribution in [0.3, 0.4) is 0 Å². The Balaban J connectivity index is 2.27. The lowest BCUT2D eigenvalue weighted by Gasteiger charge is -2.28. The standard InChI is InChI=1S/C16H32/c1-6-7-8-9-13(2)12-15-10-11-16(4,5)14(15)3/h13-15H,6-12H2,1-5H3. The molecule has 0 N–H and O–H groups in total. The van der Waals surface area contributed by atoms with Gasteiger partial charge >= 0.3 is 0 Å². The molecule has 0 radical (unpaired) electrons. The highest BCUT2D eigenvalue weighted by atomic mass is 14.4. The van der Waals surface area contributed by atoms with E-state index in [1.807, 2.05) is 0 Å². The molecule has 0 aromatic heterocycles. The summed E-state index contributed by atoms with van der Waals surface area (Å²) in [7, 11) is 0. The Morgan fingerprint density at radius 2 is 1.94 bits per heavy atom. The molecule has 0 aromatic carbocycles. The monoisotopic (exact) mass is 224 g/mol. The quantitative estimate of drug-likeness (QED) is 0.510. The maximum atomic E-state index is 2.48. The molecule has 0 amide bonds. The Morgan fingerprint density at radius 3 is 2.44 bits per heavy atom. The van der Waals surface area contributed by atoms with Crippen LogP contribution in [-0.4, -0.2) is 0 Å². The molecule has 1 rings (SSSR count). The van der Waals surface area contributed by atoms with E-state index in [0.29, 0.717) is 5.41 Å². The largest absolute Gasteiger partial charge is 0.0654 e. The predicted molar refractivity (Wildman–Crippen MR) is 73.6 cm³/mol. The first kappa shape index (κ1) is 14.1. The minimum absolute atomic E-state index is 0.605. The van der Waals surface area contributed by atoms with E-state index in [9.17, 15) is 0 Å². The van der Waals surface area contributed by atoms with Gasteiger partial charge in [0.05, 0.1) is 0 Å². The second-order valence-electron chi connectivity index (χ2n) is 6.91. The van der Waals surface area contributed by atoms with Crippen LogP contribution >= 0.6 is 0 Å². The van der Waals surface area contributed by atoms with E-state index in [4.69, 9.17) is 0 Å². The van der Waals surface area contributed by atoms with Crippen LogP contribution in [0, 0.1) is 23.2 Å². The fraction of sp³-hybridized carbons (Fsp3) is 1.00. The van der Waals surface area contributed by atoms with Gasteiger partial charge in [0.2, 0.25) is 0 Å². The predicted octanol–water partition coefficient (Wildman–Crippen LogP) is 5.67. The molecule has 1 fully saturated rings. The molecule has 96 valence electrons. The van der Waals surface area contributed by atoms with Crippen LogP contribution in [0.5, 0.6) is 0 Å². The van der Waals surface area contributed by atoms with Crippen LogP contribution in [0.2, 0.25) is 0 Å². The molecule has 16 heavy (non-hydrogen) atoms. The highest BCUT2D eigenvalue weighted by Crippen LogP contribution is 2.48. The van der Waals surface area contributed by atoms with E-state index in [0.717, 1.165) is 17.8 Å².